The van der Waals surface area contributed by atoms with Gasteiger partial charge in [-0.25, -0.2) is 4.79 Å². The maximum atomic E-state index is 11.2. The second-order valence-corrected chi connectivity index (χ2v) is 3.81. The van der Waals surface area contributed by atoms with Crippen molar-refractivity contribution in [3.05, 3.63) is 11.6 Å². The number of hydrogen-bond donors (Lipinski definition) is 1. The summed E-state index contributed by atoms with van der Waals surface area (Å²) in [6.45, 7) is 7.49. The first-order chi connectivity index (χ1) is 6.40. The third kappa shape index (κ3) is 5.02. The Morgan fingerprint density at radius 2 is 2.07 bits per heavy atom. The molecule has 3 nitrogen and oxygen atoms in total. The minimum atomic E-state index is -1.36. The van der Waals surface area contributed by atoms with E-state index in [9.17, 15) is 9.90 Å². The second kappa shape index (κ2) is 5.81. The Hall–Kier alpha value is -0.830. The number of carbonyl (C=O) groups is 1. The summed E-state index contributed by atoms with van der Waals surface area (Å²) in [5.41, 5.74) is -0.174. The van der Waals surface area contributed by atoms with Crippen molar-refractivity contribution in [2.75, 3.05) is 6.61 Å². The summed E-state index contributed by atoms with van der Waals surface area (Å²) >= 11 is 0. The van der Waals surface area contributed by atoms with Crippen LogP contribution in [0.3, 0.4) is 0 Å². The molecule has 0 rings (SSSR count). The molecular formula is C11H20O3. The summed E-state index contributed by atoms with van der Waals surface area (Å²) in [6, 6.07) is 0. The lowest BCUT2D eigenvalue weighted by Gasteiger charge is -2.19. The minimum Gasteiger partial charge on any atom is -0.464 e. The van der Waals surface area contributed by atoms with Gasteiger partial charge in [0.05, 0.1) is 6.61 Å². The molecule has 0 spiro atoms. The lowest BCUT2D eigenvalue weighted by atomic mass is 10.00. The molecule has 1 N–H and O–H groups in total. The molecule has 0 aliphatic rings. The Kier molecular flexibility index (Phi) is 5.46. The number of allylic oxidation sites excluding steroid dienone is 2. The van der Waals surface area contributed by atoms with Crippen LogP contribution in [0.15, 0.2) is 11.6 Å². The molecule has 1 atom stereocenters. The number of esters is 1. The van der Waals surface area contributed by atoms with E-state index in [2.05, 4.69) is 0 Å². The molecule has 0 fully saturated rings. The van der Waals surface area contributed by atoms with Gasteiger partial charge in [0.1, 0.15) is 0 Å². The van der Waals surface area contributed by atoms with E-state index in [-0.39, 0.29) is 0 Å². The second-order valence-electron chi connectivity index (χ2n) is 3.81. The number of rotatable bonds is 5. The van der Waals surface area contributed by atoms with Gasteiger partial charge in [-0.3, -0.25) is 0 Å². The Bertz CT molecular complexity index is 213. The molecule has 82 valence electrons. The highest BCUT2D eigenvalue weighted by atomic mass is 16.5. The van der Waals surface area contributed by atoms with Crippen molar-refractivity contribution in [2.24, 2.45) is 0 Å². The van der Waals surface area contributed by atoms with Crippen molar-refractivity contribution in [3.63, 3.8) is 0 Å². The van der Waals surface area contributed by atoms with E-state index < -0.39 is 11.6 Å². The number of hydrogen-bond acceptors (Lipinski definition) is 3. The molecule has 0 amide bonds. The van der Waals surface area contributed by atoms with Gasteiger partial charge in [-0.05, 0) is 40.5 Å². The van der Waals surface area contributed by atoms with Gasteiger partial charge in [0.25, 0.3) is 0 Å². The highest BCUT2D eigenvalue weighted by Gasteiger charge is 2.30. The van der Waals surface area contributed by atoms with E-state index in [4.69, 9.17) is 4.74 Å². The van der Waals surface area contributed by atoms with Crippen molar-refractivity contribution in [1.82, 2.24) is 0 Å². The van der Waals surface area contributed by atoms with E-state index in [0.717, 1.165) is 0 Å². The molecule has 0 aromatic rings. The topological polar surface area (TPSA) is 46.5 Å². The zero-order valence-corrected chi connectivity index (χ0v) is 9.46. The first-order valence-electron chi connectivity index (χ1n) is 4.93. The first-order valence-corrected chi connectivity index (χ1v) is 4.93. The summed E-state index contributed by atoms with van der Waals surface area (Å²) in [5.74, 6) is -0.540. The first kappa shape index (κ1) is 13.2. The molecule has 0 aliphatic carbocycles. The lowest BCUT2D eigenvalue weighted by Crippen LogP contribution is -2.36. The third-order valence-corrected chi connectivity index (χ3v) is 1.90. The fourth-order valence-electron chi connectivity index (χ4n) is 1.03. The van der Waals surface area contributed by atoms with Gasteiger partial charge < -0.3 is 9.84 Å². The van der Waals surface area contributed by atoms with Crippen molar-refractivity contribution in [3.8, 4) is 0 Å². The molecule has 0 aliphatic heterocycles. The maximum Gasteiger partial charge on any atom is 0.337 e. The largest absolute Gasteiger partial charge is 0.464 e. The zero-order valence-electron chi connectivity index (χ0n) is 9.46. The van der Waals surface area contributed by atoms with E-state index >= 15 is 0 Å². The molecule has 3 heteroatoms. The summed E-state index contributed by atoms with van der Waals surface area (Å²) < 4.78 is 4.75. The van der Waals surface area contributed by atoms with Crippen molar-refractivity contribution in [2.45, 2.75) is 46.1 Å². The van der Waals surface area contributed by atoms with Gasteiger partial charge in [0.15, 0.2) is 5.60 Å². The molecule has 0 saturated carbocycles. The molecule has 0 aromatic carbocycles. The van der Waals surface area contributed by atoms with Crippen LogP contribution in [-0.2, 0) is 9.53 Å². The van der Waals surface area contributed by atoms with E-state index in [0.29, 0.717) is 19.4 Å². The summed E-state index contributed by atoms with van der Waals surface area (Å²) in [6.07, 6.45) is 3.08. The van der Waals surface area contributed by atoms with Crippen LogP contribution in [0.1, 0.15) is 40.5 Å². The van der Waals surface area contributed by atoms with Crippen LogP contribution in [0, 0.1) is 0 Å². The van der Waals surface area contributed by atoms with Gasteiger partial charge in [0.2, 0.25) is 0 Å². The third-order valence-electron chi connectivity index (χ3n) is 1.90. The number of carbonyl (C=O) groups excluding carboxylic acids is 1. The molecule has 0 aromatic heterocycles. The predicted molar refractivity (Wildman–Crippen MR) is 55.9 cm³/mol. The van der Waals surface area contributed by atoms with Crippen LogP contribution >= 0.6 is 0 Å². The molecule has 14 heavy (non-hydrogen) atoms. The van der Waals surface area contributed by atoms with Gasteiger partial charge in [0, 0.05) is 0 Å². The normalized spacial score (nSPS) is 14.4. The molecule has 0 radical (unpaired) electrons. The highest BCUT2D eigenvalue weighted by molar-refractivity contribution is 5.78. The number of aliphatic hydroxyl groups is 1. The van der Waals surface area contributed by atoms with Crippen LogP contribution in [0.5, 0.6) is 0 Å². The Morgan fingerprint density at radius 3 is 2.50 bits per heavy atom. The molecular weight excluding hydrogens is 180 g/mol. The quantitative estimate of drug-likeness (QED) is 0.545. The standard InChI is InChI=1S/C11H20O3/c1-5-14-10(12)11(4,13)8-6-7-9(2)3/h7,13H,5-6,8H2,1-4H3. The smallest absolute Gasteiger partial charge is 0.337 e. The predicted octanol–water partition coefficient (Wildman–Crippen LogP) is 2.05. The van der Waals surface area contributed by atoms with E-state index in [1.165, 1.54) is 12.5 Å². The maximum absolute atomic E-state index is 11.2. The Morgan fingerprint density at radius 1 is 1.50 bits per heavy atom. The average Bonchev–Trinajstić information content (AvgIpc) is 2.03. The SMILES string of the molecule is CCOC(=O)C(C)(O)CCC=C(C)C. The average molecular weight is 200 g/mol. The highest BCUT2D eigenvalue weighted by Crippen LogP contribution is 2.15. The number of ether oxygens (including phenoxy) is 1. The van der Waals surface area contributed by atoms with Gasteiger partial charge in [-0.15, -0.1) is 0 Å². The minimum absolute atomic E-state index is 0.303. The molecule has 1 unspecified atom stereocenters. The van der Waals surface area contributed by atoms with Gasteiger partial charge in [-0.1, -0.05) is 11.6 Å². The molecule has 0 heterocycles. The summed E-state index contributed by atoms with van der Waals surface area (Å²) in [5, 5.41) is 9.72. The van der Waals surface area contributed by atoms with Crippen LogP contribution in [0.25, 0.3) is 0 Å². The van der Waals surface area contributed by atoms with Crippen LogP contribution < -0.4 is 0 Å². The zero-order chi connectivity index (χ0) is 11.2. The van der Waals surface area contributed by atoms with Gasteiger partial charge in [-0.2, -0.15) is 0 Å². The Labute approximate surface area is 85.8 Å². The van der Waals surface area contributed by atoms with Gasteiger partial charge >= 0.3 is 5.97 Å². The van der Waals surface area contributed by atoms with Crippen LogP contribution in [0.2, 0.25) is 0 Å². The van der Waals surface area contributed by atoms with Crippen molar-refractivity contribution >= 4 is 5.97 Å². The van der Waals surface area contributed by atoms with Crippen LogP contribution in [0.4, 0.5) is 0 Å². The van der Waals surface area contributed by atoms with Crippen LogP contribution in [-0.4, -0.2) is 23.3 Å². The molecule has 0 saturated heterocycles. The van der Waals surface area contributed by atoms with E-state index in [1.54, 1.807) is 6.92 Å². The molecule has 0 bridgehead atoms. The van der Waals surface area contributed by atoms with Crippen molar-refractivity contribution in [1.29, 1.82) is 0 Å². The van der Waals surface area contributed by atoms with E-state index in [1.807, 2.05) is 19.9 Å². The van der Waals surface area contributed by atoms with Crippen molar-refractivity contribution < 1.29 is 14.6 Å². The fraction of sp³-hybridized carbons (Fsp3) is 0.727. The summed E-state index contributed by atoms with van der Waals surface area (Å²) in [4.78, 5) is 11.2. The fourth-order valence-corrected chi connectivity index (χ4v) is 1.03. The Balaban J connectivity index is 4.06. The lowest BCUT2D eigenvalue weighted by molar-refractivity contribution is -0.163. The summed E-state index contributed by atoms with van der Waals surface area (Å²) in [7, 11) is 0. The monoisotopic (exact) mass is 200 g/mol.